The van der Waals surface area contributed by atoms with Crippen LogP contribution in [-0.4, -0.2) is 25.2 Å². The van der Waals surface area contributed by atoms with Crippen LogP contribution in [0.3, 0.4) is 0 Å². The number of hydrogen-bond donors (Lipinski definition) is 4. The zero-order valence-electron chi connectivity index (χ0n) is 10.6. The Morgan fingerprint density at radius 3 is 2.72 bits per heavy atom. The number of anilines is 1. The summed E-state index contributed by atoms with van der Waals surface area (Å²) in [4.78, 5) is 10.7. The van der Waals surface area contributed by atoms with Crippen molar-refractivity contribution in [3.05, 3.63) is 29.8 Å². The van der Waals surface area contributed by atoms with Gasteiger partial charge in [0.25, 0.3) is 0 Å². The van der Waals surface area contributed by atoms with Crippen molar-refractivity contribution in [3.63, 3.8) is 0 Å². The normalized spacial score (nSPS) is 20.6. The van der Waals surface area contributed by atoms with Crippen molar-refractivity contribution >= 4 is 11.7 Å². The van der Waals surface area contributed by atoms with E-state index < -0.39 is 6.03 Å². The first-order valence-corrected chi connectivity index (χ1v) is 6.28. The first-order valence-electron chi connectivity index (χ1n) is 6.28. The van der Waals surface area contributed by atoms with Crippen LogP contribution in [0, 0.1) is 0 Å². The highest BCUT2D eigenvalue weighted by Gasteiger charge is 2.16. The molecule has 0 radical (unpaired) electrons. The molecule has 0 saturated carbocycles. The van der Waals surface area contributed by atoms with Gasteiger partial charge >= 0.3 is 6.03 Å². The molecule has 2 unspecified atom stereocenters. The molecule has 1 saturated heterocycles. The van der Waals surface area contributed by atoms with E-state index in [1.807, 2.05) is 24.3 Å². The molecule has 0 aliphatic carbocycles. The van der Waals surface area contributed by atoms with Gasteiger partial charge in [0.1, 0.15) is 0 Å². The highest BCUT2D eigenvalue weighted by atomic mass is 16.2. The highest BCUT2D eigenvalue weighted by Crippen LogP contribution is 2.17. The lowest BCUT2D eigenvalue weighted by atomic mass is 10.1. The van der Waals surface area contributed by atoms with Crippen LogP contribution in [-0.2, 0) is 0 Å². The summed E-state index contributed by atoms with van der Waals surface area (Å²) in [7, 11) is 0. The molecule has 1 fully saturated rings. The van der Waals surface area contributed by atoms with Gasteiger partial charge in [0.05, 0.1) is 0 Å². The van der Waals surface area contributed by atoms with Crippen molar-refractivity contribution in [2.24, 2.45) is 5.73 Å². The van der Waals surface area contributed by atoms with Gasteiger partial charge in [-0.2, -0.15) is 0 Å². The molecule has 18 heavy (non-hydrogen) atoms. The Morgan fingerprint density at radius 1 is 1.44 bits per heavy atom. The minimum absolute atomic E-state index is 0.303. The van der Waals surface area contributed by atoms with E-state index >= 15 is 0 Å². The minimum atomic E-state index is -0.536. The van der Waals surface area contributed by atoms with Crippen LogP contribution in [0.1, 0.15) is 24.9 Å². The molecule has 2 amide bonds. The third-order valence-corrected chi connectivity index (χ3v) is 3.22. The maximum atomic E-state index is 10.7. The number of benzene rings is 1. The second-order valence-electron chi connectivity index (χ2n) is 4.69. The van der Waals surface area contributed by atoms with Crippen LogP contribution < -0.4 is 21.7 Å². The molecule has 1 aliphatic rings. The lowest BCUT2D eigenvalue weighted by Gasteiger charge is -2.19. The number of hydrogen-bond acceptors (Lipinski definition) is 3. The van der Waals surface area contributed by atoms with Gasteiger partial charge in [0.2, 0.25) is 0 Å². The van der Waals surface area contributed by atoms with Gasteiger partial charge in [-0.3, -0.25) is 0 Å². The molecule has 5 heteroatoms. The number of nitrogens with two attached hydrogens (primary N) is 1. The van der Waals surface area contributed by atoms with E-state index in [0.29, 0.717) is 12.1 Å². The number of nitrogens with one attached hydrogen (secondary N) is 3. The highest BCUT2D eigenvalue weighted by molar-refractivity contribution is 5.87. The van der Waals surface area contributed by atoms with Gasteiger partial charge < -0.3 is 21.7 Å². The van der Waals surface area contributed by atoms with E-state index in [1.165, 1.54) is 12.0 Å². The lowest BCUT2D eigenvalue weighted by Crippen LogP contribution is -2.33. The van der Waals surface area contributed by atoms with Crippen molar-refractivity contribution < 1.29 is 4.79 Å². The predicted octanol–water partition coefficient (Wildman–Crippen LogP) is 1.19. The van der Waals surface area contributed by atoms with Gasteiger partial charge in [0.15, 0.2) is 0 Å². The van der Waals surface area contributed by atoms with Crippen LogP contribution in [0.15, 0.2) is 24.3 Å². The van der Waals surface area contributed by atoms with Crippen molar-refractivity contribution in [2.45, 2.75) is 25.4 Å². The molecule has 2 atom stereocenters. The standard InChI is InChI=1S/C13H20N4O/c1-9(16-12-6-7-15-8-12)10-2-4-11(5-3-10)17-13(14)18/h2-5,9,12,15-16H,6-8H2,1H3,(H3,14,17,18). The summed E-state index contributed by atoms with van der Waals surface area (Å²) in [6.07, 6.45) is 1.17. The molecular formula is C13H20N4O. The average Bonchev–Trinajstić information content (AvgIpc) is 2.82. The van der Waals surface area contributed by atoms with E-state index in [0.717, 1.165) is 18.8 Å². The molecule has 2 rings (SSSR count). The number of primary amides is 1. The summed E-state index contributed by atoms with van der Waals surface area (Å²) in [5.41, 5.74) is 6.99. The van der Waals surface area contributed by atoms with E-state index in [9.17, 15) is 4.79 Å². The van der Waals surface area contributed by atoms with Gasteiger partial charge in [0, 0.05) is 24.3 Å². The second-order valence-corrected chi connectivity index (χ2v) is 4.69. The topological polar surface area (TPSA) is 79.2 Å². The third kappa shape index (κ3) is 3.45. The predicted molar refractivity (Wildman–Crippen MR) is 72.5 cm³/mol. The molecule has 98 valence electrons. The van der Waals surface area contributed by atoms with Crippen LogP contribution in [0.2, 0.25) is 0 Å². The Balaban J connectivity index is 1.93. The summed E-state index contributed by atoms with van der Waals surface area (Å²) in [6, 6.07) is 8.05. The minimum Gasteiger partial charge on any atom is -0.351 e. The monoisotopic (exact) mass is 248 g/mol. The summed E-state index contributed by atoms with van der Waals surface area (Å²) >= 11 is 0. The Hall–Kier alpha value is -1.59. The first kappa shape index (κ1) is 12.9. The number of carbonyl (C=O) groups excluding carboxylic acids is 1. The maximum Gasteiger partial charge on any atom is 0.316 e. The fraction of sp³-hybridized carbons (Fsp3) is 0.462. The summed E-state index contributed by atoms with van der Waals surface area (Å²) < 4.78 is 0. The lowest BCUT2D eigenvalue weighted by molar-refractivity contribution is 0.259. The van der Waals surface area contributed by atoms with Crippen LogP contribution in [0.4, 0.5) is 10.5 Å². The van der Waals surface area contributed by atoms with Gasteiger partial charge in [-0.1, -0.05) is 12.1 Å². The molecule has 1 heterocycles. The van der Waals surface area contributed by atoms with Crippen LogP contribution in [0.5, 0.6) is 0 Å². The third-order valence-electron chi connectivity index (χ3n) is 3.22. The van der Waals surface area contributed by atoms with E-state index in [-0.39, 0.29) is 0 Å². The number of urea groups is 1. The molecule has 5 N–H and O–H groups in total. The summed E-state index contributed by atoms with van der Waals surface area (Å²) in [5.74, 6) is 0. The first-order chi connectivity index (χ1) is 8.65. The molecule has 5 nitrogen and oxygen atoms in total. The zero-order valence-corrected chi connectivity index (χ0v) is 10.6. The number of carbonyl (C=O) groups is 1. The molecule has 1 aliphatic heterocycles. The second kappa shape index (κ2) is 5.84. The molecule has 1 aromatic carbocycles. The zero-order chi connectivity index (χ0) is 13.0. The average molecular weight is 248 g/mol. The quantitative estimate of drug-likeness (QED) is 0.646. The molecular weight excluding hydrogens is 228 g/mol. The van der Waals surface area contributed by atoms with Gasteiger partial charge in [-0.15, -0.1) is 0 Å². The largest absolute Gasteiger partial charge is 0.351 e. The van der Waals surface area contributed by atoms with Crippen molar-refractivity contribution in [1.29, 1.82) is 0 Å². The maximum absolute atomic E-state index is 10.7. The Morgan fingerprint density at radius 2 is 2.17 bits per heavy atom. The Kier molecular flexibility index (Phi) is 4.17. The smallest absolute Gasteiger partial charge is 0.316 e. The van der Waals surface area contributed by atoms with Crippen LogP contribution in [0.25, 0.3) is 0 Å². The molecule has 0 aromatic heterocycles. The van der Waals surface area contributed by atoms with Crippen molar-refractivity contribution in [1.82, 2.24) is 10.6 Å². The fourth-order valence-electron chi connectivity index (χ4n) is 2.24. The van der Waals surface area contributed by atoms with E-state index in [2.05, 4.69) is 22.9 Å². The van der Waals surface area contributed by atoms with Crippen LogP contribution >= 0.6 is 0 Å². The molecule has 0 bridgehead atoms. The van der Waals surface area contributed by atoms with E-state index in [4.69, 9.17) is 5.73 Å². The van der Waals surface area contributed by atoms with Crippen molar-refractivity contribution in [3.8, 4) is 0 Å². The van der Waals surface area contributed by atoms with Gasteiger partial charge in [-0.05, 0) is 37.6 Å². The molecule has 1 aromatic rings. The van der Waals surface area contributed by atoms with Gasteiger partial charge in [-0.25, -0.2) is 4.79 Å². The van der Waals surface area contributed by atoms with Crippen molar-refractivity contribution in [2.75, 3.05) is 18.4 Å². The Labute approximate surface area is 107 Å². The molecule has 0 spiro atoms. The fourth-order valence-corrected chi connectivity index (χ4v) is 2.24. The summed E-state index contributed by atoms with van der Waals surface area (Å²) in [5, 5.41) is 9.47. The SMILES string of the molecule is CC(NC1CCNC1)c1ccc(NC(N)=O)cc1. The van der Waals surface area contributed by atoms with E-state index in [1.54, 1.807) is 0 Å². The Bertz CT molecular complexity index is 398. The summed E-state index contributed by atoms with van der Waals surface area (Å²) in [6.45, 7) is 4.27. The number of amides is 2. The number of rotatable bonds is 4.